The van der Waals surface area contributed by atoms with Gasteiger partial charge in [0.15, 0.2) is 0 Å². The number of carboxylic acids is 1. The molecule has 0 amide bonds. The van der Waals surface area contributed by atoms with Crippen LogP contribution in [-0.4, -0.2) is 36.2 Å². The maximum absolute atomic E-state index is 12.3. The van der Waals surface area contributed by atoms with E-state index in [0.717, 1.165) is 31.2 Å². The van der Waals surface area contributed by atoms with E-state index in [4.69, 9.17) is 19.3 Å². The van der Waals surface area contributed by atoms with Crippen molar-refractivity contribution in [3.05, 3.63) is 35.4 Å². The van der Waals surface area contributed by atoms with E-state index in [2.05, 4.69) is 13.8 Å². The van der Waals surface area contributed by atoms with E-state index < -0.39 is 17.9 Å². The Hall–Kier alpha value is -1.92. The first-order valence-corrected chi connectivity index (χ1v) is 9.18. The molecule has 0 heterocycles. The highest BCUT2D eigenvalue weighted by Crippen LogP contribution is 2.18. The van der Waals surface area contributed by atoms with Gasteiger partial charge in [-0.1, -0.05) is 51.0 Å². The lowest BCUT2D eigenvalue weighted by Crippen LogP contribution is -2.39. The summed E-state index contributed by atoms with van der Waals surface area (Å²) >= 11 is 0. The monoisotopic (exact) mass is 366 g/mol. The van der Waals surface area contributed by atoms with Gasteiger partial charge in [-0.2, -0.15) is 0 Å². The first-order chi connectivity index (χ1) is 12.4. The fourth-order valence-corrected chi connectivity index (χ4v) is 2.26. The molecule has 0 saturated heterocycles. The van der Waals surface area contributed by atoms with Crippen LogP contribution in [0, 0.1) is 0 Å². The number of esters is 1. The van der Waals surface area contributed by atoms with Gasteiger partial charge in [-0.15, -0.1) is 0 Å². The topological polar surface area (TPSA) is 82.1 Å². The van der Waals surface area contributed by atoms with Gasteiger partial charge in [0.25, 0.3) is 0 Å². The summed E-state index contributed by atoms with van der Waals surface area (Å²) in [4.78, 5) is 23.0. The third-order valence-corrected chi connectivity index (χ3v) is 3.75. The van der Waals surface area contributed by atoms with E-state index in [1.54, 1.807) is 31.2 Å². The molecule has 1 aromatic rings. The van der Waals surface area contributed by atoms with Crippen molar-refractivity contribution < 1.29 is 28.9 Å². The van der Waals surface area contributed by atoms with Crippen molar-refractivity contribution in [3.63, 3.8) is 0 Å². The zero-order valence-electron chi connectivity index (χ0n) is 16.0. The van der Waals surface area contributed by atoms with Crippen molar-refractivity contribution in [1.82, 2.24) is 0 Å². The summed E-state index contributed by atoms with van der Waals surface area (Å²) in [6, 6.07) is 6.86. The molecule has 146 valence electrons. The second-order valence-electron chi connectivity index (χ2n) is 6.30. The summed E-state index contributed by atoms with van der Waals surface area (Å²) < 4.78 is 16.8. The Morgan fingerprint density at radius 3 is 1.81 bits per heavy atom. The quantitative estimate of drug-likeness (QED) is 0.326. The number of unbranched alkanes of at least 4 members (excludes halogenated alkanes) is 2. The normalized spacial score (nSPS) is 11.3. The zero-order valence-corrected chi connectivity index (χ0v) is 16.0. The first-order valence-electron chi connectivity index (χ1n) is 9.18. The lowest BCUT2D eigenvalue weighted by molar-refractivity contribution is -0.352. The number of carbonyl (C=O) groups is 2. The second kappa shape index (κ2) is 11.6. The lowest BCUT2D eigenvalue weighted by atomic mass is 10.1. The fourth-order valence-electron chi connectivity index (χ4n) is 2.26. The van der Waals surface area contributed by atoms with Crippen LogP contribution in [0.15, 0.2) is 24.3 Å². The molecule has 1 aromatic carbocycles. The van der Waals surface area contributed by atoms with Gasteiger partial charge in [0.05, 0.1) is 26.1 Å². The molecule has 0 aliphatic heterocycles. The van der Waals surface area contributed by atoms with Crippen molar-refractivity contribution >= 4 is 11.9 Å². The maximum atomic E-state index is 12.3. The largest absolute Gasteiger partial charge is 0.481 e. The van der Waals surface area contributed by atoms with Crippen LogP contribution in [0.1, 0.15) is 57.6 Å². The molecule has 0 unspecified atom stereocenters. The van der Waals surface area contributed by atoms with Crippen LogP contribution < -0.4 is 0 Å². The molecule has 0 spiro atoms. The number of carbonyl (C=O) groups excluding carboxylic acids is 1. The third kappa shape index (κ3) is 8.97. The van der Waals surface area contributed by atoms with Gasteiger partial charge in [-0.25, -0.2) is 0 Å². The second-order valence-corrected chi connectivity index (χ2v) is 6.30. The van der Waals surface area contributed by atoms with Crippen LogP contribution in [0.5, 0.6) is 0 Å². The molecule has 0 bridgehead atoms. The molecule has 1 rings (SSSR count). The van der Waals surface area contributed by atoms with E-state index in [1.807, 2.05) is 0 Å². The Bertz CT molecular complexity index is 542. The Morgan fingerprint density at radius 1 is 0.923 bits per heavy atom. The highest BCUT2D eigenvalue weighted by molar-refractivity contribution is 5.73. The predicted molar refractivity (Wildman–Crippen MR) is 97.7 cm³/mol. The molecule has 6 nitrogen and oxygen atoms in total. The van der Waals surface area contributed by atoms with Crippen LogP contribution >= 0.6 is 0 Å². The highest BCUT2D eigenvalue weighted by Gasteiger charge is 2.31. The molecule has 26 heavy (non-hydrogen) atoms. The third-order valence-electron chi connectivity index (χ3n) is 3.75. The van der Waals surface area contributed by atoms with Crippen LogP contribution in [-0.2, 0) is 36.6 Å². The first kappa shape index (κ1) is 22.1. The van der Waals surface area contributed by atoms with E-state index in [-0.39, 0.29) is 12.8 Å². The minimum atomic E-state index is -1.38. The Labute approximate surface area is 155 Å². The van der Waals surface area contributed by atoms with Crippen molar-refractivity contribution in [2.75, 3.05) is 13.2 Å². The van der Waals surface area contributed by atoms with E-state index in [1.165, 1.54) is 0 Å². The lowest BCUT2D eigenvalue weighted by Gasteiger charge is -2.29. The van der Waals surface area contributed by atoms with Gasteiger partial charge in [-0.3, -0.25) is 9.59 Å². The molecule has 0 aliphatic carbocycles. The van der Waals surface area contributed by atoms with Crippen LogP contribution in [0.2, 0.25) is 0 Å². The number of hydrogen-bond acceptors (Lipinski definition) is 5. The van der Waals surface area contributed by atoms with Crippen molar-refractivity contribution in [1.29, 1.82) is 0 Å². The van der Waals surface area contributed by atoms with Gasteiger partial charge < -0.3 is 19.3 Å². The molecule has 0 radical (unpaired) electrons. The average Bonchev–Trinajstić information content (AvgIpc) is 2.56. The number of ether oxygens (including phenoxy) is 3. The highest BCUT2D eigenvalue weighted by atomic mass is 16.9. The summed E-state index contributed by atoms with van der Waals surface area (Å²) in [7, 11) is 0. The van der Waals surface area contributed by atoms with Crippen LogP contribution in [0.25, 0.3) is 0 Å². The molecule has 0 saturated carbocycles. The smallest absolute Gasteiger partial charge is 0.326 e. The molecule has 0 fully saturated rings. The van der Waals surface area contributed by atoms with Crippen molar-refractivity contribution in [2.24, 2.45) is 0 Å². The standard InChI is InChI=1S/C20H30O6/c1-4-6-12-24-20(3,25-13-7-5-2)26-19(23)15-17-10-8-16(9-11-17)14-18(21)22/h8-11H,4-7,12-15H2,1-3H3,(H,21,22). The van der Waals surface area contributed by atoms with Gasteiger partial charge >= 0.3 is 17.9 Å². The van der Waals surface area contributed by atoms with E-state index in [0.29, 0.717) is 18.8 Å². The van der Waals surface area contributed by atoms with E-state index in [9.17, 15) is 9.59 Å². The minimum absolute atomic E-state index is 0.0423. The number of aliphatic carboxylic acids is 1. The van der Waals surface area contributed by atoms with Crippen LogP contribution in [0.3, 0.4) is 0 Å². The summed E-state index contributed by atoms with van der Waals surface area (Å²) in [6.45, 7) is 6.64. The van der Waals surface area contributed by atoms with Gasteiger partial charge in [0, 0.05) is 6.92 Å². The average molecular weight is 366 g/mol. The number of benzene rings is 1. The SMILES string of the molecule is CCCCOC(C)(OCCCC)OC(=O)Cc1ccc(CC(=O)O)cc1. The molecule has 1 N–H and O–H groups in total. The zero-order chi connectivity index (χ0) is 19.4. The van der Waals surface area contributed by atoms with Crippen molar-refractivity contribution in [3.8, 4) is 0 Å². The Kier molecular flexibility index (Phi) is 9.91. The number of hydrogen-bond donors (Lipinski definition) is 1. The molecule has 0 atom stereocenters. The Morgan fingerprint density at radius 2 is 1.38 bits per heavy atom. The summed E-state index contributed by atoms with van der Waals surface area (Å²) in [5, 5.41) is 8.78. The van der Waals surface area contributed by atoms with E-state index >= 15 is 0 Å². The molecule has 0 aliphatic rings. The minimum Gasteiger partial charge on any atom is -0.481 e. The number of rotatable bonds is 13. The van der Waals surface area contributed by atoms with Crippen molar-refractivity contribution in [2.45, 2.75) is 65.3 Å². The van der Waals surface area contributed by atoms with Crippen LogP contribution in [0.4, 0.5) is 0 Å². The van der Waals surface area contributed by atoms with Gasteiger partial charge in [0.2, 0.25) is 0 Å². The molecule has 6 heteroatoms. The summed E-state index contributed by atoms with van der Waals surface area (Å²) in [6.07, 6.45) is 3.69. The summed E-state index contributed by atoms with van der Waals surface area (Å²) in [5.41, 5.74) is 1.43. The maximum Gasteiger partial charge on any atom is 0.326 e. The molecule has 0 aromatic heterocycles. The predicted octanol–water partition coefficient (Wildman–Crippen LogP) is 3.71. The molecular weight excluding hydrogens is 336 g/mol. The molecular formula is C20H30O6. The number of carboxylic acid groups (broad SMARTS) is 1. The Balaban J connectivity index is 2.62. The fraction of sp³-hybridized carbons (Fsp3) is 0.600. The van der Waals surface area contributed by atoms with Gasteiger partial charge in [0.1, 0.15) is 0 Å². The van der Waals surface area contributed by atoms with Gasteiger partial charge in [-0.05, 0) is 24.0 Å². The summed E-state index contributed by atoms with van der Waals surface area (Å²) in [5.74, 6) is -2.72.